The molecule has 0 atom stereocenters. The summed E-state index contributed by atoms with van der Waals surface area (Å²) in [6, 6.07) is 3.94. The van der Waals surface area contributed by atoms with Gasteiger partial charge in [0.1, 0.15) is 5.82 Å². The first-order valence-corrected chi connectivity index (χ1v) is 3.36. The molecule has 0 saturated heterocycles. The van der Waals surface area contributed by atoms with Gasteiger partial charge in [-0.25, -0.2) is 24.6 Å². The monoisotopic (exact) mass is 201 g/mol. The first kappa shape index (κ1) is 9.84. The van der Waals surface area contributed by atoms with Crippen LogP contribution in [0.4, 0.5) is 10.1 Å². The number of hydrazine groups is 2. The number of hydrogen-bond acceptors (Lipinski definition) is 4. The minimum Gasteiger partial charge on any atom is -0.230 e. The normalized spacial score (nSPS) is 9.50. The average molecular weight is 201 g/mol. The summed E-state index contributed by atoms with van der Waals surface area (Å²) < 4.78 is 12.6. The van der Waals surface area contributed by atoms with Crippen LogP contribution in [0.15, 0.2) is 24.3 Å². The predicted octanol–water partition coefficient (Wildman–Crippen LogP) is 1.02. The zero-order valence-electron chi connectivity index (χ0n) is 6.66. The van der Waals surface area contributed by atoms with Crippen molar-refractivity contribution in [1.29, 1.82) is 0 Å². The number of rotatable bonds is 3. The van der Waals surface area contributed by atoms with E-state index < -0.39 is 21.6 Å². The highest BCUT2D eigenvalue weighted by Gasteiger charge is 2.30. The van der Waals surface area contributed by atoms with Crippen molar-refractivity contribution in [2.45, 2.75) is 0 Å². The van der Waals surface area contributed by atoms with E-state index in [0.29, 0.717) is 6.07 Å². The molecule has 0 aromatic heterocycles. The van der Waals surface area contributed by atoms with Crippen LogP contribution in [0.5, 0.6) is 0 Å². The van der Waals surface area contributed by atoms with Gasteiger partial charge >= 0.3 is 0 Å². The minimum atomic E-state index is -1.24. The lowest BCUT2D eigenvalue weighted by Crippen LogP contribution is -2.35. The molecule has 0 saturated carbocycles. The molecular formula is C6H4FN3O4. The van der Waals surface area contributed by atoms with E-state index in [2.05, 4.69) is 0 Å². The van der Waals surface area contributed by atoms with Gasteiger partial charge in [0.05, 0.1) is 0 Å². The van der Waals surface area contributed by atoms with Crippen molar-refractivity contribution in [3.05, 3.63) is 50.3 Å². The van der Waals surface area contributed by atoms with Gasteiger partial charge in [-0.2, -0.15) is 0 Å². The van der Waals surface area contributed by atoms with E-state index in [1.54, 1.807) is 0 Å². The first-order valence-electron chi connectivity index (χ1n) is 3.36. The van der Waals surface area contributed by atoms with Crippen LogP contribution in [-0.2, 0) is 0 Å². The number of halogens is 1. The van der Waals surface area contributed by atoms with Gasteiger partial charge < -0.3 is 0 Å². The lowest BCUT2D eigenvalue weighted by atomic mass is 10.3. The van der Waals surface area contributed by atoms with E-state index in [1.165, 1.54) is 0 Å². The SMILES string of the molecule is O=[N+]([O-])N(c1cccc(F)c1)[N+](=O)[O-]. The summed E-state index contributed by atoms with van der Waals surface area (Å²) in [5, 5.41) is 17.6. The Hall–Kier alpha value is -2.25. The molecule has 0 amide bonds. The predicted molar refractivity (Wildman–Crippen MR) is 42.9 cm³/mol. The lowest BCUT2D eigenvalue weighted by molar-refractivity contribution is -0.711. The van der Waals surface area contributed by atoms with Crippen molar-refractivity contribution in [2.24, 2.45) is 0 Å². The molecule has 0 aliphatic rings. The Balaban J connectivity index is 3.12. The summed E-state index contributed by atoms with van der Waals surface area (Å²) in [5.41, 5.74) is -0.444. The Bertz CT molecular complexity index is 369. The zero-order chi connectivity index (χ0) is 10.7. The standard InChI is InChI=1S/C6H4FN3O4/c7-5-2-1-3-6(4-5)8(9(11)12)10(13)14/h1-4H. The molecule has 8 heteroatoms. The molecule has 0 aliphatic carbocycles. The Morgan fingerprint density at radius 1 is 1.21 bits per heavy atom. The van der Waals surface area contributed by atoms with Crippen LogP contribution in [-0.4, -0.2) is 10.1 Å². The van der Waals surface area contributed by atoms with E-state index in [4.69, 9.17) is 0 Å². The summed E-state index contributed by atoms with van der Waals surface area (Å²) >= 11 is 0. The molecule has 74 valence electrons. The van der Waals surface area contributed by atoms with Gasteiger partial charge in [-0.3, -0.25) is 0 Å². The smallest absolute Gasteiger partial charge is 0.228 e. The molecule has 0 fully saturated rings. The van der Waals surface area contributed by atoms with Gasteiger partial charge in [-0.1, -0.05) is 6.07 Å². The summed E-state index contributed by atoms with van der Waals surface area (Å²) in [4.78, 5) is 20.4. The first-order chi connectivity index (χ1) is 6.52. The molecule has 1 aromatic carbocycles. The number of benzene rings is 1. The van der Waals surface area contributed by atoms with Crippen LogP contribution in [0, 0.1) is 26.0 Å². The fraction of sp³-hybridized carbons (Fsp3) is 0. The molecule has 1 aromatic rings. The van der Waals surface area contributed by atoms with Gasteiger partial charge in [-0.15, -0.1) is 0 Å². The fourth-order valence-corrected chi connectivity index (χ4v) is 0.849. The summed E-state index contributed by atoms with van der Waals surface area (Å²) in [6.07, 6.45) is 0. The van der Waals surface area contributed by atoms with Crippen molar-refractivity contribution in [3.8, 4) is 0 Å². The molecule has 14 heavy (non-hydrogen) atoms. The number of anilines is 1. The highest BCUT2D eigenvalue weighted by molar-refractivity contribution is 5.40. The van der Waals surface area contributed by atoms with Gasteiger partial charge in [0.2, 0.25) is 10.1 Å². The minimum absolute atomic E-state index is 0.358. The molecule has 0 spiro atoms. The second-order valence-corrected chi connectivity index (χ2v) is 2.24. The summed E-state index contributed by atoms with van der Waals surface area (Å²) in [6.45, 7) is 0. The molecule has 7 nitrogen and oxygen atoms in total. The highest BCUT2D eigenvalue weighted by Crippen LogP contribution is 2.15. The molecule has 0 radical (unpaired) electrons. The third-order valence-electron chi connectivity index (χ3n) is 1.35. The number of nitrogens with zero attached hydrogens (tertiary/aromatic N) is 3. The maximum Gasteiger partial charge on any atom is 0.228 e. The maximum atomic E-state index is 12.6. The quantitative estimate of drug-likeness (QED) is 0.537. The van der Waals surface area contributed by atoms with E-state index in [-0.39, 0.29) is 5.12 Å². The van der Waals surface area contributed by atoms with Crippen molar-refractivity contribution in [3.63, 3.8) is 0 Å². The van der Waals surface area contributed by atoms with Crippen molar-refractivity contribution < 1.29 is 14.5 Å². The van der Waals surface area contributed by atoms with Crippen molar-refractivity contribution in [2.75, 3.05) is 5.12 Å². The topological polar surface area (TPSA) is 89.5 Å². The second-order valence-electron chi connectivity index (χ2n) is 2.24. The Labute approximate surface area is 76.6 Å². The van der Waals surface area contributed by atoms with E-state index in [1.807, 2.05) is 0 Å². The largest absolute Gasteiger partial charge is 0.230 e. The molecule has 0 unspecified atom stereocenters. The molecule has 0 N–H and O–H groups in total. The molecule has 1 rings (SSSR count). The van der Waals surface area contributed by atoms with Crippen LogP contribution in [0.1, 0.15) is 0 Å². The summed E-state index contributed by atoms with van der Waals surface area (Å²) in [5.74, 6) is -0.781. The molecular weight excluding hydrogens is 197 g/mol. The van der Waals surface area contributed by atoms with E-state index in [9.17, 15) is 24.6 Å². The van der Waals surface area contributed by atoms with E-state index >= 15 is 0 Å². The third-order valence-corrected chi connectivity index (χ3v) is 1.35. The van der Waals surface area contributed by atoms with Crippen molar-refractivity contribution >= 4 is 5.69 Å². The third kappa shape index (κ3) is 1.91. The Kier molecular flexibility index (Phi) is 2.56. The average Bonchev–Trinajstić information content (AvgIpc) is 2.02. The van der Waals surface area contributed by atoms with Crippen molar-refractivity contribution in [1.82, 2.24) is 0 Å². The van der Waals surface area contributed by atoms with Gasteiger partial charge in [-0.05, 0) is 12.1 Å². The lowest BCUT2D eigenvalue weighted by Gasteiger charge is -2.02. The van der Waals surface area contributed by atoms with Crippen LogP contribution in [0.2, 0.25) is 0 Å². The second kappa shape index (κ2) is 3.64. The fourth-order valence-electron chi connectivity index (χ4n) is 0.849. The van der Waals surface area contributed by atoms with Crippen LogP contribution >= 0.6 is 0 Å². The summed E-state index contributed by atoms with van der Waals surface area (Å²) in [7, 11) is 0. The zero-order valence-corrected chi connectivity index (χ0v) is 6.66. The van der Waals surface area contributed by atoms with Gasteiger partial charge in [0, 0.05) is 6.07 Å². The molecule has 0 aliphatic heterocycles. The van der Waals surface area contributed by atoms with Gasteiger partial charge in [0.15, 0.2) is 10.8 Å². The number of hydrogen-bond donors (Lipinski definition) is 0. The van der Waals surface area contributed by atoms with Gasteiger partial charge in [0.25, 0.3) is 0 Å². The highest BCUT2D eigenvalue weighted by atomic mass is 19.1. The molecule has 0 bridgehead atoms. The van der Waals surface area contributed by atoms with Crippen LogP contribution in [0.3, 0.4) is 0 Å². The number of nitro groups is 2. The maximum absolute atomic E-state index is 12.6. The van der Waals surface area contributed by atoms with Crippen LogP contribution < -0.4 is 5.12 Å². The Morgan fingerprint density at radius 2 is 1.79 bits per heavy atom. The van der Waals surface area contributed by atoms with Crippen LogP contribution in [0.25, 0.3) is 0 Å². The molecule has 0 heterocycles. The van der Waals surface area contributed by atoms with E-state index in [0.717, 1.165) is 18.2 Å². The Morgan fingerprint density at radius 3 is 2.21 bits per heavy atom.